The van der Waals surface area contributed by atoms with E-state index in [1.165, 1.54) is 24.3 Å². The van der Waals surface area contributed by atoms with Gasteiger partial charge < -0.3 is 10.4 Å². The summed E-state index contributed by atoms with van der Waals surface area (Å²) in [6.07, 6.45) is 1.28. The summed E-state index contributed by atoms with van der Waals surface area (Å²) >= 11 is 0. The van der Waals surface area contributed by atoms with Gasteiger partial charge in [0.05, 0.1) is 5.92 Å². The number of carbonyl (C=O) groups excluding carboxylic acids is 1. The first-order valence-corrected chi connectivity index (χ1v) is 6.69. The third-order valence-electron chi connectivity index (χ3n) is 3.30. The Kier molecular flexibility index (Phi) is 6.15. The molecule has 0 radical (unpaired) electrons. The number of carboxylic acid groups (broad SMARTS) is 1. The molecular formula is C15H20FNO3. The van der Waals surface area contributed by atoms with Crippen LogP contribution >= 0.6 is 0 Å². The number of benzene rings is 1. The maximum Gasteiger partial charge on any atom is 0.312 e. The summed E-state index contributed by atoms with van der Waals surface area (Å²) in [5.41, 5.74) is 0.475. The highest BCUT2D eigenvalue weighted by Gasteiger charge is 2.21. The highest BCUT2D eigenvalue weighted by molar-refractivity contribution is 5.79. The molecule has 2 unspecified atom stereocenters. The molecule has 1 rings (SSSR count). The van der Waals surface area contributed by atoms with E-state index in [1.54, 1.807) is 0 Å². The fraction of sp³-hybridized carbons (Fsp3) is 0.467. The van der Waals surface area contributed by atoms with Gasteiger partial charge in [0.15, 0.2) is 0 Å². The van der Waals surface area contributed by atoms with Crippen molar-refractivity contribution in [2.45, 2.75) is 32.6 Å². The maximum atomic E-state index is 12.8. The van der Waals surface area contributed by atoms with Crippen molar-refractivity contribution in [2.75, 3.05) is 6.54 Å². The van der Waals surface area contributed by atoms with Crippen LogP contribution in [0.2, 0.25) is 0 Å². The maximum absolute atomic E-state index is 12.8. The molecule has 0 bridgehead atoms. The topological polar surface area (TPSA) is 66.4 Å². The Balaban J connectivity index is 2.62. The van der Waals surface area contributed by atoms with Crippen LogP contribution in [-0.2, 0) is 9.59 Å². The quantitative estimate of drug-likeness (QED) is 0.807. The van der Waals surface area contributed by atoms with E-state index in [1.807, 2.05) is 13.8 Å². The van der Waals surface area contributed by atoms with Crippen LogP contribution in [0, 0.1) is 11.7 Å². The third-order valence-corrected chi connectivity index (χ3v) is 3.30. The van der Waals surface area contributed by atoms with Crippen LogP contribution in [0.3, 0.4) is 0 Å². The summed E-state index contributed by atoms with van der Waals surface area (Å²) in [6, 6.07) is 5.28. The lowest BCUT2D eigenvalue weighted by Crippen LogP contribution is -2.32. The monoisotopic (exact) mass is 281 g/mol. The Labute approximate surface area is 118 Å². The van der Waals surface area contributed by atoms with Gasteiger partial charge in [0, 0.05) is 13.0 Å². The summed E-state index contributed by atoms with van der Waals surface area (Å²) in [7, 11) is 0. The second-order valence-corrected chi connectivity index (χ2v) is 4.96. The third kappa shape index (κ3) is 4.99. The minimum Gasteiger partial charge on any atom is -0.481 e. The van der Waals surface area contributed by atoms with E-state index in [-0.39, 0.29) is 18.4 Å². The van der Waals surface area contributed by atoms with Gasteiger partial charge >= 0.3 is 5.97 Å². The van der Waals surface area contributed by atoms with Crippen LogP contribution in [0.4, 0.5) is 4.39 Å². The second-order valence-electron chi connectivity index (χ2n) is 4.96. The number of nitrogens with one attached hydrogen (secondary N) is 1. The van der Waals surface area contributed by atoms with E-state index in [0.29, 0.717) is 12.0 Å². The fourth-order valence-electron chi connectivity index (χ4n) is 1.79. The number of carboxylic acids is 1. The summed E-state index contributed by atoms with van der Waals surface area (Å²) in [4.78, 5) is 22.9. The molecule has 1 aromatic rings. The SMILES string of the molecule is CCC(C)CC(=O)NCC(C(=O)O)c1ccc(F)cc1. The summed E-state index contributed by atoms with van der Waals surface area (Å²) in [6.45, 7) is 3.97. The average Bonchev–Trinajstić information content (AvgIpc) is 2.40. The average molecular weight is 281 g/mol. The molecule has 2 N–H and O–H groups in total. The van der Waals surface area contributed by atoms with Gasteiger partial charge in [-0.25, -0.2) is 4.39 Å². The molecule has 1 amide bonds. The van der Waals surface area contributed by atoms with E-state index in [2.05, 4.69) is 5.32 Å². The lowest BCUT2D eigenvalue weighted by Gasteiger charge is -2.15. The highest BCUT2D eigenvalue weighted by Crippen LogP contribution is 2.16. The smallest absolute Gasteiger partial charge is 0.312 e. The van der Waals surface area contributed by atoms with Crippen molar-refractivity contribution in [1.29, 1.82) is 0 Å². The molecule has 0 saturated heterocycles. The molecule has 5 heteroatoms. The minimum absolute atomic E-state index is 0.0102. The number of rotatable bonds is 7. The van der Waals surface area contributed by atoms with Gasteiger partial charge in [-0.15, -0.1) is 0 Å². The van der Waals surface area contributed by atoms with Crippen molar-refractivity contribution in [3.63, 3.8) is 0 Å². The fourth-order valence-corrected chi connectivity index (χ4v) is 1.79. The molecule has 0 fully saturated rings. The Bertz CT molecular complexity index is 459. The number of aliphatic carboxylic acids is 1. The first kappa shape index (κ1) is 16.1. The molecule has 110 valence electrons. The predicted molar refractivity (Wildman–Crippen MR) is 73.9 cm³/mol. The van der Waals surface area contributed by atoms with Crippen molar-refractivity contribution in [2.24, 2.45) is 5.92 Å². The molecule has 0 saturated carbocycles. The van der Waals surface area contributed by atoms with Gasteiger partial charge in [-0.3, -0.25) is 9.59 Å². The van der Waals surface area contributed by atoms with E-state index in [9.17, 15) is 19.1 Å². The van der Waals surface area contributed by atoms with Crippen molar-refractivity contribution < 1.29 is 19.1 Å². The zero-order valence-corrected chi connectivity index (χ0v) is 11.7. The van der Waals surface area contributed by atoms with Crippen LogP contribution < -0.4 is 5.32 Å². The Hall–Kier alpha value is -1.91. The highest BCUT2D eigenvalue weighted by atomic mass is 19.1. The molecule has 0 aliphatic heterocycles. The van der Waals surface area contributed by atoms with Crippen molar-refractivity contribution >= 4 is 11.9 Å². The Morgan fingerprint density at radius 3 is 2.40 bits per heavy atom. The number of hydrogen-bond donors (Lipinski definition) is 2. The van der Waals surface area contributed by atoms with Crippen LogP contribution in [0.25, 0.3) is 0 Å². The summed E-state index contributed by atoms with van der Waals surface area (Å²) < 4.78 is 12.8. The Morgan fingerprint density at radius 2 is 1.90 bits per heavy atom. The van der Waals surface area contributed by atoms with Gasteiger partial charge in [-0.2, -0.15) is 0 Å². The van der Waals surface area contributed by atoms with Gasteiger partial charge in [-0.1, -0.05) is 32.4 Å². The molecule has 0 spiro atoms. The minimum atomic E-state index is -1.04. The normalized spacial score (nSPS) is 13.6. The first-order chi connectivity index (χ1) is 9.43. The lowest BCUT2D eigenvalue weighted by atomic mass is 9.98. The lowest BCUT2D eigenvalue weighted by molar-refractivity contribution is -0.138. The van der Waals surface area contributed by atoms with Crippen molar-refractivity contribution in [3.8, 4) is 0 Å². The largest absolute Gasteiger partial charge is 0.481 e. The number of carbonyl (C=O) groups is 2. The van der Waals surface area contributed by atoms with Crippen LogP contribution in [0.15, 0.2) is 24.3 Å². The van der Waals surface area contributed by atoms with E-state index in [4.69, 9.17) is 0 Å². The van der Waals surface area contributed by atoms with Crippen LogP contribution in [0.5, 0.6) is 0 Å². The second kappa shape index (κ2) is 7.62. The number of halogens is 1. The molecule has 0 heterocycles. The zero-order chi connectivity index (χ0) is 15.1. The van der Waals surface area contributed by atoms with Crippen molar-refractivity contribution in [3.05, 3.63) is 35.6 Å². The van der Waals surface area contributed by atoms with Gasteiger partial charge in [0.25, 0.3) is 0 Å². The molecule has 2 atom stereocenters. The molecule has 1 aromatic carbocycles. The zero-order valence-electron chi connectivity index (χ0n) is 11.7. The van der Waals surface area contributed by atoms with Crippen LogP contribution in [0.1, 0.15) is 38.2 Å². The van der Waals surface area contributed by atoms with E-state index >= 15 is 0 Å². The Morgan fingerprint density at radius 1 is 1.30 bits per heavy atom. The van der Waals surface area contributed by atoms with Gasteiger partial charge in [0.2, 0.25) is 5.91 Å². The number of hydrogen-bond acceptors (Lipinski definition) is 2. The van der Waals surface area contributed by atoms with E-state index < -0.39 is 17.7 Å². The molecule has 0 aromatic heterocycles. The first-order valence-electron chi connectivity index (χ1n) is 6.69. The van der Waals surface area contributed by atoms with Crippen molar-refractivity contribution in [1.82, 2.24) is 5.32 Å². The molecule has 4 nitrogen and oxygen atoms in total. The van der Waals surface area contributed by atoms with Gasteiger partial charge in [-0.05, 0) is 23.6 Å². The van der Waals surface area contributed by atoms with E-state index in [0.717, 1.165) is 6.42 Å². The summed E-state index contributed by atoms with van der Waals surface area (Å²) in [5, 5.41) is 11.8. The molecule has 20 heavy (non-hydrogen) atoms. The van der Waals surface area contributed by atoms with Gasteiger partial charge in [0.1, 0.15) is 5.82 Å². The van der Waals surface area contributed by atoms with Crippen LogP contribution in [-0.4, -0.2) is 23.5 Å². The molecule has 0 aliphatic carbocycles. The summed E-state index contributed by atoms with van der Waals surface area (Å²) in [5.74, 6) is -2.22. The molecule has 0 aliphatic rings. The number of amides is 1. The predicted octanol–water partition coefficient (Wildman–Crippen LogP) is 2.55. The standard InChI is InChI=1S/C15H20FNO3/c1-3-10(2)8-14(18)17-9-13(15(19)20)11-4-6-12(16)7-5-11/h4-7,10,13H,3,8-9H2,1-2H3,(H,17,18)(H,19,20). The molecular weight excluding hydrogens is 261 g/mol.